The first-order valence-electron chi connectivity index (χ1n) is 8.71. The summed E-state index contributed by atoms with van der Waals surface area (Å²) in [4.78, 5) is 2.20. The molecule has 1 aliphatic heterocycles. The van der Waals surface area contributed by atoms with Crippen LogP contribution < -0.4 is 0 Å². The van der Waals surface area contributed by atoms with Crippen molar-refractivity contribution in [3.05, 3.63) is 52.3 Å². The van der Waals surface area contributed by atoms with Crippen LogP contribution in [0.3, 0.4) is 0 Å². The second-order valence-corrected chi connectivity index (χ2v) is 9.36. The van der Waals surface area contributed by atoms with Gasteiger partial charge in [0.15, 0.2) is 9.84 Å². The van der Waals surface area contributed by atoms with Crippen molar-refractivity contribution in [2.24, 2.45) is 0 Å². The molecule has 1 atom stereocenters. The molecule has 1 saturated heterocycles. The van der Waals surface area contributed by atoms with Crippen molar-refractivity contribution in [1.29, 1.82) is 5.26 Å². The first-order valence-corrected chi connectivity index (χ1v) is 10.5. The quantitative estimate of drug-likeness (QED) is 0.805. The molecule has 0 radical (unpaired) electrons. The highest BCUT2D eigenvalue weighted by Gasteiger charge is 2.31. The number of sulfone groups is 1. The van der Waals surface area contributed by atoms with Crippen molar-refractivity contribution in [1.82, 2.24) is 14.7 Å². The van der Waals surface area contributed by atoms with E-state index in [-0.39, 0.29) is 17.5 Å². The second kappa shape index (κ2) is 7.22. The number of hydrogen-bond donors (Lipinski definition) is 0. The van der Waals surface area contributed by atoms with E-state index in [2.05, 4.69) is 23.1 Å². The Morgan fingerprint density at radius 1 is 1.27 bits per heavy atom. The number of rotatable bonds is 5. The van der Waals surface area contributed by atoms with Crippen LogP contribution in [0.1, 0.15) is 40.5 Å². The molecule has 7 heteroatoms. The minimum absolute atomic E-state index is 0.0451. The predicted molar refractivity (Wildman–Crippen MR) is 100 cm³/mol. The van der Waals surface area contributed by atoms with Gasteiger partial charge in [-0.1, -0.05) is 12.1 Å². The van der Waals surface area contributed by atoms with Crippen LogP contribution in [0.25, 0.3) is 0 Å². The summed E-state index contributed by atoms with van der Waals surface area (Å²) in [6.45, 7) is 5.53. The van der Waals surface area contributed by atoms with Crippen LogP contribution in [0.5, 0.6) is 0 Å². The highest BCUT2D eigenvalue weighted by Crippen LogP contribution is 2.27. The molecule has 0 N–H and O–H groups in total. The van der Waals surface area contributed by atoms with Gasteiger partial charge < -0.3 is 0 Å². The molecule has 3 rings (SSSR count). The maximum atomic E-state index is 11.8. The number of aryl methyl sites for hydroxylation is 1. The Labute approximate surface area is 155 Å². The number of benzene rings is 1. The third-order valence-corrected chi connectivity index (χ3v) is 6.74. The summed E-state index contributed by atoms with van der Waals surface area (Å²) in [5.74, 6) is 0.444. The minimum Gasteiger partial charge on any atom is -0.298 e. The van der Waals surface area contributed by atoms with Crippen molar-refractivity contribution >= 4 is 9.84 Å². The van der Waals surface area contributed by atoms with Gasteiger partial charge in [0.1, 0.15) is 0 Å². The van der Waals surface area contributed by atoms with E-state index in [9.17, 15) is 8.42 Å². The van der Waals surface area contributed by atoms with Crippen molar-refractivity contribution in [3.63, 3.8) is 0 Å². The molecule has 0 aliphatic carbocycles. The zero-order valence-corrected chi connectivity index (χ0v) is 16.3. The van der Waals surface area contributed by atoms with E-state index in [1.165, 1.54) is 0 Å². The molecular formula is C19H24N4O2S. The molecule has 0 saturated carbocycles. The monoisotopic (exact) mass is 372 g/mol. The molecule has 1 aromatic carbocycles. The van der Waals surface area contributed by atoms with Gasteiger partial charge in [0.25, 0.3) is 0 Å². The van der Waals surface area contributed by atoms with Gasteiger partial charge in [-0.2, -0.15) is 10.4 Å². The van der Waals surface area contributed by atoms with Gasteiger partial charge in [-0.3, -0.25) is 9.58 Å². The fourth-order valence-electron chi connectivity index (χ4n) is 3.57. The zero-order chi connectivity index (χ0) is 18.9. The van der Waals surface area contributed by atoms with E-state index in [1.807, 2.05) is 42.8 Å². The maximum Gasteiger partial charge on any atom is 0.152 e. The van der Waals surface area contributed by atoms with E-state index in [4.69, 9.17) is 5.26 Å². The predicted octanol–water partition coefficient (Wildman–Crippen LogP) is 2.36. The average molecular weight is 372 g/mol. The lowest BCUT2D eigenvalue weighted by Crippen LogP contribution is -2.18. The first-order chi connectivity index (χ1) is 12.3. The van der Waals surface area contributed by atoms with Gasteiger partial charge >= 0.3 is 0 Å². The Hall–Kier alpha value is -2.17. The zero-order valence-electron chi connectivity index (χ0n) is 15.4. The van der Waals surface area contributed by atoms with Gasteiger partial charge in [0.05, 0.1) is 34.9 Å². The molecule has 0 unspecified atom stereocenters. The number of hydrogen-bond acceptors (Lipinski definition) is 5. The highest BCUT2D eigenvalue weighted by molar-refractivity contribution is 7.91. The SMILES string of the molecule is Cc1nn([C@H]2CCS(=O)(=O)C2)c(C)c1CN(C)Cc1ccc(C#N)cc1. The van der Waals surface area contributed by atoms with Crippen LogP contribution in [0.2, 0.25) is 0 Å². The summed E-state index contributed by atoms with van der Waals surface area (Å²) >= 11 is 0. The molecule has 6 nitrogen and oxygen atoms in total. The fourth-order valence-corrected chi connectivity index (χ4v) is 5.26. The van der Waals surface area contributed by atoms with Crippen LogP contribution in [0.15, 0.2) is 24.3 Å². The van der Waals surface area contributed by atoms with Gasteiger partial charge in [-0.05, 0) is 45.0 Å². The molecular weight excluding hydrogens is 348 g/mol. The van der Waals surface area contributed by atoms with Crippen molar-refractivity contribution in [2.45, 2.75) is 39.4 Å². The van der Waals surface area contributed by atoms with Crippen molar-refractivity contribution in [2.75, 3.05) is 18.6 Å². The average Bonchev–Trinajstić information content (AvgIpc) is 3.09. The Bertz CT molecular complexity index is 939. The number of nitriles is 1. The molecule has 26 heavy (non-hydrogen) atoms. The van der Waals surface area contributed by atoms with Crippen LogP contribution in [-0.4, -0.2) is 41.7 Å². The molecule has 138 valence electrons. The minimum atomic E-state index is -2.93. The summed E-state index contributed by atoms with van der Waals surface area (Å²) in [6.07, 6.45) is 0.644. The Balaban J connectivity index is 1.72. The maximum absolute atomic E-state index is 11.8. The van der Waals surface area contributed by atoms with Gasteiger partial charge in [-0.15, -0.1) is 0 Å². The second-order valence-electron chi connectivity index (χ2n) is 7.13. The highest BCUT2D eigenvalue weighted by atomic mass is 32.2. The van der Waals surface area contributed by atoms with E-state index >= 15 is 0 Å². The van der Waals surface area contributed by atoms with E-state index in [1.54, 1.807) is 0 Å². The van der Waals surface area contributed by atoms with Gasteiger partial charge in [0, 0.05) is 24.3 Å². The summed E-state index contributed by atoms with van der Waals surface area (Å²) in [6, 6.07) is 9.70. The third-order valence-electron chi connectivity index (χ3n) is 4.99. The van der Waals surface area contributed by atoms with Gasteiger partial charge in [0.2, 0.25) is 0 Å². The molecule has 1 aromatic heterocycles. The lowest BCUT2D eigenvalue weighted by Gasteiger charge is -2.18. The van der Waals surface area contributed by atoms with E-state index < -0.39 is 9.84 Å². The van der Waals surface area contributed by atoms with E-state index in [0.29, 0.717) is 12.0 Å². The third kappa shape index (κ3) is 3.97. The van der Waals surface area contributed by atoms with Crippen molar-refractivity contribution < 1.29 is 8.42 Å². The van der Waals surface area contributed by atoms with Crippen LogP contribution >= 0.6 is 0 Å². The lowest BCUT2D eigenvalue weighted by atomic mass is 10.1. The Morgan fingerprint density at radius 3 is 2.54 bits per heavy atom. The smallest absolute Gasteiger partial charge is 0.152 e. The molecule has 1 fully saturated rings. The largest absolute Gasteiger partial charge is 0.298 e. The normalized spacial score (nSPS) is 19.0. The Morgan fingerprint density at radius 2 is 1.96 bits per heavy atom. The lowest BCUT2D eigenvalue weighted by molar-refractivity contribution is 0.317. The molecule has 1 aliphatic rings. The molecule has 2 aromatic rings. The van der Waals surface area contributed by atoms with Crippen LogP contribution in [-0.2, 0) is 22.9 Å². The molecule has 0 spiro atoms. The number of aromatic nitrogens is 2. The van der Waals surface area contributed by atoms with Crippen molar-refractivity contribution in [3.8, 4) is 6.07 Å². The van der Waals surface area contributed by atoms with Crippen LogP contribution in [0.4, 0.5) is 0 Å². The molecule has 2 heterocycles. The summed E-state index contributed by atoms with van der Waals surface area (Å²) < 4.78 is 25.5. The number of nitrogens with zero attached hydrogens (tertiary/aromatic N) is 4. The summed E-state index contributed by atoms with van der Waals surface area (Å²) in [5, 5.41) is 13.5. The van der Waals surface area contributed by atoms with Crippen LogP contribution in [0, 0.1) is 25.2 Å². The topological polar surface area (TPSA) is 79.0 Å². The Kier molecular flexibility index (Phi) is 5.17. The standard InChI is InChI=1S/C19H24N4O2S/c1-14-19(12-22(3)11-17-6-4-16(10-20)5-7-17)15(2)23(21-14)18-8-9-26(24,25)13-18/h4-7,18H,8-9,11-13H2,1-3H3/t18-/m0/s1. The van der Waals surface area contributed by atoms with Gasteiger partial charge in [-0.25, -0.2) is 8.42 Å². The molecule has 0 bridgehead atoms. The molecule has 0 amide bonds. The fraction of sp³-hybridized carbons (Fsp3) is 0.474. The first kappa shape index (κ1) is 18.6. The summed E-state index contributed by atoms with van der Waals surface area (Å²) in [7, 11) is -0.878. The summed E-state index contributed by atoms with van der Waals surface area (Å²) in [5.41, 5.74) is 4.98. The van der Waals surface area contributed by atoms with E-state index in [0.717, 1.165) is 35.6 Å².